The van der Waals surface area contributed by atoms with Crippen molar-refractivity contribution in [3.63, 3.8) is 0 Å². The summed E-state index contributed by atoms with van der Waals surface area (Å²) in [6.07, 6.45) is 0. The Labute approximate surface area is 87.0 Å². The van der Waals surface area contributed by atoms with Crippen LogP contribution >= 0.6 is 11.6 Å². The van der Waals surface area contributed by atoms with E-state index in [1.807, 2.05) is 30.3 Å². The third kappa shape index (κ3) is 1.78. The van der Waals surface area contributed by atoms with E-state index in [1.165, 1.54) is 12.1 Å². The van der Waals surface area contributed by atoms with Gasteiger partial charge >= 0.3 is 0 Å². The lowest BCUT2D eigenvalue weighted by Gasteiger charge is -2.03. The van der Waals surface area contributed by atoms with Crippen LogP contribution in [-0.4, -0.2) is 0 Å². The van der Waals surface area contributed by atoms with Crippen molar-refractivity contribution >= 4 is 11.6 Å². The van der Waals surface area contributed by atoms with Crippen LogP contribution in [0.1, 0.15) is 0 Å². The van der Waals surface area contributed by atoms with Crippen molar-refractivity contribution in [2.24, 2.45) is 0 Å². The first-order valence-electron chi connectivity index (χ1n) is 4.19. The fourth-order valence-electron chi connectivity index (χ4n) is 1.29. The molecule has 0 amide bonds. The highest BCUT2D eigenvalue weighted by molar-refractivity contribution is 6.33. The lowest BCUT2D eigenvalue weighted by molar-refractivity contribution is 0.626. The molecule has 0 aliphatic rings. The Balaban J connectivity index is 2.57. The molecule has 14 heavy (non-hydrogen) atoms. The highest BCUT2D eigenvalue weighted by atomic mass is 35.5. The Morgan fingerprint density at radius 1 is 1.14 bits per heavy atom. The van der Waals surface area contributed by atoms with Crippen LogP contribution in [0.2, 0.25) is 5.02 Å². The van der Waals surface area contributed by atoms with Gasteiger partial charge in [-0.3, -0.25) is 0 Å². The Hall–Kier alpha value is -1.34. The van der Waals surface area contributed by atoms with Gasteiger partial charge in [-0.2, -0.15) is 0 Å². The van der Waals surface area contributed by atoms with E-state index >= 15 is 0 Å². The minimum absolute atomic E-state index is 0.395. The molecule has 0 aromatic heterocycles. The molecular formula is C12H7ClF. The van der Waals surface area contributed by atoms with Crippen molar-refractivity contribution < 1.29 is 4.39 Å². The molecule has 0 N–H and O–H groups in total. The summed E-state index contributed by atoms with van der Waals surface area (Å²) in [7, 11) is 0. The van der Waals surface area contributed by atoms with Crippen LogP contribution in [0.25, 0.3) is 11.1 Å². The Kier molecular flexibility index (Phi) is 2.51. The molecule has 0 bridgehead atoms. The molecular weight excluding hydrogens is 199 g/mol. The zero-order chi connectivity index (χ0) is 9.97. The standard InChI is InChI=1S/C12H7ClF/c13-12-7-6-10(14)8-11(12)9-4-2-1-3-5-9/h1-5,7-8H. The first-order valence-corrected chi connectivity index (χ1v) is 4.57. The van der Waals surface area contributed by atoms with E-state index in [0.717, 1.165) is 5.56 Å². The van der Waals surface area contributed by atoms with E-state index in [4.69, 9.17) is 11.6 Å². The lowest BCUT2D eigenvalue weighted by atomic mass is 10.1. The van der Waals surface area contributed by atoms with Crippen molar-refractivity contribution in [3.05, 3.63) is 59.4 Å². The average Bonchev–Trinajstić information content (AvgIpc) is 2.23. The van der Waals surface area contributed by atoms with Crippen LogP contribution in [-0.2, 0) is 0 Å². The average molecular weight is 206 g/mol. The molecule has 2 aromatic rings. The smallest absolute Gasteiger partial charge is 0.131 e. The number of hydrogen-bond acceptors (Lipinski definition) is 0. The summed E-state index contributed by atoms with van der Waals surface area (Å²) in [5, 5.41) is 0.512. The number of hydrogen-bond donors (Lipinski definition) is 0. The van der Waals surface area contributed by atoms with Gasteiger partial charge in [-0.25, -0.2) is 4.39 Å². The second kappa shape index (κ2) is 3.81. The van der Waals surface area contributed by atoms with Crippen LogP contribution < -0.4 is 0 Å². The van der Waals surface area contributed by atoms with E-state index in [9.17, 15) is 4.39 Å². The maximum Gasteiger partial charge on any atom is 0.131 e. The normalized spacial score (nSPS) is 10.1. The second-order valence-electron chi connectivity index (χ2n) is 2.91. The largest absolute Gasteiger partial charge is 0.206 e. The zero-order valence-electron chi connectivity index (χ0n) is 7.30. The van der Waals surface area contributed by atoms with Crippen molar-refractivity contribution in [1.82, 2.24) is 0 Å². The Morgan fingerprint density at radius 3 is 2.57 bits per heavy atom. The molecule has 1 radical (unpaired) electrons. The Morgan fingerprint density at radius 2 is 1.86 bits per heavy atom. The second-order valence-corrected chi connectivity index (χ2v) is 3.32. The van der Waals surface area contributed by atoms with E-state index in [2.05, 4.69) is 6.07 Å². The van der Waals surface area contributed by atoms with Gasteiger partial charge in [0.1, 0.15) is 5.82 Å². The molecule has 0 heterocycles. The SMILES string of the molecule is Fc1[c]cc(Cl)c(-c2ccccc2)c1. The molecule has 2 aromatic carbocycles. The predicted octanol–water partition coefficient (Wildman–Crippen LogP) is 3.95. The molecule has 69 valence electrons. The summed E-state index contributed by atoms with van der Waals surface area (Å²) in [6.45, 7) is 0. The molecule has 2 rings (SSSR count). The highest BCUT2D eigenvalue weighted by Crippen LogP contribution is 2.27. The van der Waals surface area contributed by atoms with Crippen molar-refractivity contribution in [1.29, 1.82) is 0 Å². The molecule has 0 aliphatic carbocycles. The van der Waals surface area contributed by atoms with Gasteiger partial charge in [-0.15, -0.1) is 0 Å². The van der Waals surface area contributed by atoms with Crippen molar-refractivity contribution in [3.8, 4) is 11.1 Å². The van der Waals surface area contributed by atoms with Crippen LogP contribution in [0.3, 0.4) is 0 Å². The van der Waals surface area contributed by atoms with Gasteiger partial charge in [-0.05, 0) is 17.7 Å². The van der Waals surface area contributed by atoms with Crippen LogP contribution in [0.4, 0.5) is 4.39 Å². The summed E-state index contributed by atoms with van der Waals surface area (Å²) in [6, 6.07) is 14.7. The summed E-state index contributed by atoms with van der Waals surface area (Å²) in [4.78, 5) is 0. The molecule has 0 aliphatic heterocycles. The maximum absolute atomic E-state index is 12.9. The van der Waals surface area contributed by atoms with Gasteiger partial charge < -0.3 is 0 Å². The molecule has 0 nitrogen and oxygen atoms in total. The predicted molar refractivity (Wildman–Crippen MR) is 55.7 cm³/mol. The van der Waals surface area contributed by atoms with Crippen LogP contribution in [0, 0.1) is 11.9 Å². The summed E-state index contributed by atoms with van der Waals surface area (Å²) < 4.78 is 12.9. The van der Waals surface area contributed by atoms with Crippen molar-refractivity contribution in [2.75, 3.05) is 0 Å². The van der Waals surface area contributed by atoms with Crippen molar-refractivity contribution in [2.45, 2.75) is 0 Å². The quantitative estimate of drug-likeness (QED) is 0.662. The molecule has 2 heteroatoms. The van der Waals surface area contributed by atoms with Gasteiger partial charge in [0.25, 0.3) is 0 Å². The maximum atomic E-state index is 12.9. The summed E-state index contributed by atoms with van der Waals surface area (Å²) in [5.74, 6) is -0.395. The number of benzene rings is 2. The minimum atomic E-state index is -0.395. The monoisotopic (exact) mass is 205 g/mol. The number of rotatable bonds is 1. The third-order valence-corrected chi connectivity index (χ3v) is 2.26. The minimum Gasteiger partial charge on any atom is -0.206 e. The van der Waals surface area contributed by atoms with E-state index < -0.39 is 5.82 Å². The molecule has 0 atom stereocenters. The third-order valence-electron chi connectivity index (χ3n) is 1.95. The molecule has 0 saturated heterocycles. The van der Waals surface area contributed by atoms with Gasteiger partial charge in [0.2, 0.25) is 0 Å². The first-order chi connectivity index (χ1) is 6.77. The van der Waals surface area contributed by atoms with E-state index in [0.29, 0.717) is 10.6 Å². The highest BCUT2D eigenvalue weighted by Gasteiger charge is 2.03. The van der Waals surface area contributed by atoms with Gasteiger partial charge in [0.15, 0.2) is 0 Å². The topological polar surface area (TPSA) is 0 Å². The van der Waals surface area contributed by atoms with Crippen LogP contribution in [0.5, 0.6) is 0 Å². The summed E-state index contributed by atoms with van der Waals surface area (Å²) >= 11 is 5.93. The first kappa shape index (κ1) is 9.22. The van der Waals surface area contributed by atoms with Gasteiger partial charge in [0.05, 0.1) is 0 Å². The zero-order valence-corrected chi connectivity index (χ0v) is 8.05. The van der Waals surface area contributed by atoms with Crippen LogP contribution in [0.15, 0.2) is 42.5 Å². The fraction of sp³-hybridized carbons (Fsp3) is 0. The molecule has 0 fully saturated rings. The molecule has 0 unspecified atom stereocenters. The van der Waals surface area contributed by atoms with Gasteiger partial charge in [-0.1, -0.05) is 41.9 Å². The number of halogens is 2. The Bertz CT molecular complexity index is 437. The fourth-order valence-corrected chi connectivity index (χ4v) is 1.50. The molecule has 0 spiro atoms. The van der Waals surface area contributed by atoms with E-state index in [-0.39, 0.29) is 0 Å². The lowest BCUT2D eigenvalue weighted by Crippen LogP contribution is -1.81. The summed E-state index contributed by atoms with van der Waals surface area (Å²) in [5.41, 5.74) is 1.61. The van der Waals surface area contributed by atoms with Gasteiger partial charge in [0, 0.05) is 16.7 Å². The molecule has 0 saturated carbocycles. The van der Waals surface area contributed by atoms with E-state index in [1.54, 1.807) is 0 Å².